The Morgan fingerprint density at radius 1 is 0.931 bits per heavy atom. The normalized spacial score (nSPS) is 16.3. The molecule has 29 heavy (non-hydrogen) atoms. The van der Waals surface area contributed by atoms with Gasteiger partial charge in [-0.2, -0.15) is 0 Å². The Hall–Kier alpha value is -3.06. The van der Waals surface area contributed by atoms with Gasteiger partial charge in [-0.25, -0.2) is 0 Å². The van der Waals surface area contributed by atoms with Crippen LogP contribution in [0.25, 0.3) is 12.2 Å². The Kier molecular flexibility index (Phi) is 6.72. The summed E-state index contributed by atoms with van der Waals surface area (Å²) in [6.45, 7) is 5.06. The van der Waals surface area contributed by atoms with Crippen molar-refractivity contribution < 1.29 is 23.2 Å². The van der Waals surface area contributed by atoms with Crippen LogP contribution in [0.1, 0.15) is 35.9 Å². The zero-order chi connectivity index (χ0) is 20.7. The van der Waals surface area contributed by atoms with Gasteiger partial charge in [-0.1, -0.05) is 0 Å². The lowest BCUT2D eigenvalue weighted by molar-refractivity contribution is -0.121. The van der Waals surface area contributed by atoms with Crippen molar-refractivity contribution in [3.63, 3.8) is 0 Å². The van der Waals surface area contributed by atoms with Gasteiger partial charge in [0.15, 0.2) is 0 Å². The second-order valence-corrected chi connectivity index (χ2v) is 7.16. The van der Waals surface area contributed by atoms with E-state index in [9.17, 15) is 9.59 Å². The molecule has 2 amide bonds. The molecule has 3 heterocycles. The Balaban J connectivity index is 1.57. The van der Waals surface area contributed by atoms with Gasteiger partial charge in [0.05, 0.1) is 5.54 Å². The highest BCUT2D eigenvalue weighted by Gasteiger charge is 2.34. The van der Waals surface area contributed by atoms with E-state index in [1.54, 1.807) is 24.3 Å². The molecule has 1 aliphatic heterocycles. The van der Waals surface area contributed by atoms with Crippen LogP contribution in [0.2, 0.25) is 0 Å². The molecule has 7 heteroatoms. The maximum Gasteiger partial charge on any atom is 0.244 e. The number of ether oxygens (including phenoxy) is 1. The number of hydrogen-bond acceptors (Lipinski definition) is 5. The molecule has 0 bridgehead atoms. The van der Waals surface area contributed by atoms with Crippen molar-refractivity contribution in [1.29, 1.82) is 0 Å². The fourth-order valence-corrected chi connectivity index (χ4v) is 3.13. The van der Waals surface area contributed by atoms with Crippen molar-refractivity contribution in [1.82, 2.24) is 10.6 Å². The van der Waals surface area contributed by atoms with Crippen LogP contribution < -0.4 is 10.6 Å². The summed E-state index contributed by atoms with van der Waals surface area (Å²) in [6, 6.07) is 7.27. The molecule has 1 aliphatic rings. The first-order chi connectivity index (χ1) is 13.9. The van der Waals surface area contributed by atoms with Gasteiger partial charge in [0.25, 0.3) is 0 Å². The number of furan rings is 2. The first-order valence-corrected chi connectivity index (χ1v) is 9.61. The van der Waals surface area contributed by atoms with Gasteiger partial charge in [0.1, 0.15) is 23.0 Å². The average molecular weight is 398 g/mol. The van der Waals surface area contributed by atoms with Crippen molar-refractivity contribution in [2.75, 3.05) is 19.8 Å². The molecule has 3 rings (SSSR count). The summed E-state index contributed by atoms with van der Waals surface area (Å²) in [5.74, 6) is 2.31. The highest BCUT2D eigenvalue weighted by molar-refractivity contribution is 5.93. The van der Waals surface area contributed by atoms with Crippen LogP contribution in [-0.4, -0.2) is 37.1 Å². The summed E-state index contributed by atoms with van der Waals surface area (Å²) in [5, 5.41) is 5.91. The molecule has 1 saturated heterocycles. The summed E-state index contributed by atoms with van der Waals surface area (Å²) >= 11 is 0. The molecule has 0 spiro atoms. The van der Waals surface area contributed by atoms with Crippen LogP contribution >= 0.6 is 0 Å². The number of rotatable bonds is 7. The van der Waals surface area contributed by atoms with E-state index in [1.165, 1.54) is 12.2 Å². The zero-order valence-electron chi connectivity index (χ0n) is 16.7. The largest absolute Gasteiger partial charge is 0.462 e. The highest BCUT2D eigenvalue weighted by atomic mass is 16.5. The van der Waals surface area contributed by atoms with E-state index in [4.69, 9.17) is 13.6 Å². The molecule has 0 radical (unpaired) electrons. The number of aryl methyl sites for hydroxylation is 2. The van der Waals surface area contributed by atoms with E-state index in [-0.39, 0.29) is 11.8 Å². The topological polar surface area (TPSA) is 93.7 Å². The molecule has 0 aromatic carbocycles. The first kappa shape index (κ1) is 20.7. The third-order valence-corrected chi connectivity index (χ3v) is 4.76. The van der Waals surface area contributed by atoms with Gasteiger partial charge in [0.2, 0.25) is 11.8 Å². The molecule has 0 aliphatic carbocycles. The fraction of sp³-hybridized carbons (Fsp3) is 0.364. The van der Waals surface area contributed by atoms with Crippen LogP contribution in [0.4, 0.5) is 0 Å². The van der Waals surface area contributed by atoms with E-state index >= 15 is 0 Å². The molecular formula is C22H26N2O5. The summed E-state index contributed by atoms with van der Waals surface area (Å²) in [7, 11) is 0. The molecule has 7 nitrogen and oxygen atoms in total. The van der Waals surface area contributed by atoms with Crippen LogP contribution in [0, 0.1) is 13.8 Å². The van der Waals surface area contributed by atoms with Gasteiger partial charge in [-0.3, -0.25) is 9.59 Å². The van der Waals surface area contributed by atoms with Crippen LogP contribution in [0.5, 0.6) is 0 Å². The minimum absolute atomic E-state index is 0.239. The maximum absolute atomic E-state index is 12.4. The van der Waals surface area contributed by atoms with Crippen LogP contribution in [-0.2, 0) is 14.3 Å². The standard InChI is InChI=1S/C22H26N2O5/c1-16-3-5-18(28-16)7-9-20(25)23-15-22(11-13-27-14-12-22)24-21(26)10-8-19-6-4-17(2)29-19/h3-10H,11-15H2,1-2H3,(H,23,25)(H,24,26)/b9-7+,10-8+. The number of hydrogen-bond donors (Lipinski definition) is 2. The lowest BCUT2D eigenvalue weighted by Crippen LogP contribution is -2.57. The lowest BCUT2D eigenvalue weighted by atomic mass is 9.89. The van der Waals surface area contributed by atoms with Gasteiger partial charge >= 0.3 is 0 Å². The van der Waals surface area contributed by atoms with Gasteiger partial charge in [-0.05, 0) is 63.1 Å². The van der Waals surface area contributed by atoms with Crippen molar-refractivity contribution in [3.8, 4) is 0 Å². The summed E-state index contributed by atoms with van der Waals surface area (Å²) < 4.78 is 16.3. The summed E-state index contributed by atoms with van der Waals surface area (Å²) in [6.07, 6.45) is 7.35. The lowest BCUT2D eigenvalue weighted by Gasteiger charge is -2.37. The van der Waals surface area contributed by atoms with Gasteiger partial charge in [0, 0.05) is 31.9 Å². The first-order valence-electron chi connectivity index (χ1n) is 9.61. The van der Waals surface area contributed by atoms with Crippen LogP contribution in [0.3, 0.4) is 0 Å². The number of nitrogens with one attached hydrogen (secondary N) is 2. The van der Waals surface area contributed by atoms with E-state index in [0.29, 0.717) is 44.1 Å². The van der Waals surface area contributed by atoms with E-state index in [2.05, 4.69) is 10.6 Å². The predicted octanol–water partition coefficient (Wildman–Crippen LogP) is 3.00. The molecule has 0 unspecified atom stereocenters. The average Bonchev–Trinajstić information content (AvgIpc) is 3.32. The molecule has 2 N–H and O–H groups in total. The molecular weight excluding hydrogens is 372 g/mol. The highest BCUT2D eigenvalue weighted by Crippen LogP contribution is 2.20. The molecule has 154 valence electrons. The van der Waals surface area contributed by atoms with E-state index < -0.39 is 5.54 Å². The van der Waals surface area contributed by atoms with Crippen molar-refractivity contribution in [2.24, 2.45) is 0 Å². The van der Waals surface area contributed by atoms with Crippen molar-refractivity contribution in [2.45, 2.75) is 32.2 Å². The second kappa shape index (κ2) is 9.43. The molecule has 2 aromatic heterocycles. The SMILES string of the molecule is Cc1ccc(/C=C/C(=O)NCC2(NC(=O)/C=C/c3ccc(C)o3)CCOCC2)o1. The maximum atomic E-state index is 12.4. The molecule has 0 saturated carbocycles. The van der Waals surface area contributed by atoms with Crippen LogP contribution in [0.15, 0.2) is 45.3 Å². The van der Waals surface area contributed by atoms with E-state index in [0.717, 1.165) is 11.5 Å². The van der Waals surface area contributed by atoms with E-state index in [1.807, 2.05) is 26.0 Å². The Morgan fingerprint density at radius 2 is 1.48 bits per heavy atom. The van der Waals surface area contributed by atoms with Gasteiger partial charge < -0.3 is 24.2 Å². The second-order valence-electron chi connectivity index (χ2n) is 7.16. The van der Waals surface area contributed by atoms with Crippen molar-refractivity contribution >= 4 is 24.0 Å². The summed E-state index contributed by atoms with van der Waals surface area (Å²) in [4.78, 5) is 24.6. The zero-order valence-corrected chi connectivity index (χ0v) is 16.7. The number of carbonyl (C=O) groups excluding carboxylic acids is 2. The quantitative estimate of drug-likeness (QED) is 0.700. The van der Waals surface area contributed by atoms with Gasteiger partial charge in [-0.15, -0.1) is 0 Å². The number of amides is 2. The molecule has 0 atom stereocenters. The Labute approximate surface area is 169 Å². The minimum atomic E-state index is -0.552. The third kappa shape index (κ3) is 6.22. The smallest absolute Gasteiger partial charge is 0.244 e. The fourth-order valence-electron chi connectivity index (χ4n) is 3.13. The Bertz CT molecular complexity index is 900. The third-order valence-electron chi connectivity index (χ3n) is 4.76. The summed E-state index contributed by atoms with van der Waals surface area (Å²) in [5.41, 5.74) is -0.552. The molecule has 1 fully saturated rings. The molecule has 2 aromatic rings. The Morgan fingerprint density at radius 3 is 2.00 bits per heavy atom. The van der Waals surface area contributed by atoms with Crippen molar-refractivity contribution in [3.05, 3.63) is 59.5 Å². The monoisotopic (exact) mass is 398 g/mol. The number of carbonyl (C=O) groups is 2. The minimum Gasteiger partial charge on any atom is -0.462 e. The predicted molar refractivity (Wildman–Crippen MR) is 109 cm³/mol.